The molecular formula is C22H19NO6S. The standard InChI is InChI=1S/C22H19NO6S/c1-28-15-20(22(24)25)19-12-5-6-13-21(19)29-17-9-7-8-16(14-17)23-30(26,27)18-10-3-2-4-11-18/h2-15,23H,1H3,(H,24,25)/b20-15+. The van der Waals surface area contributed by atoms with E-state index in [1.807, 2.05) is 0 Å². The van der Waals surface area contributed by atoms with Crippen molar-refractivity contribution in [1.29, 1.82) is 0 Å². The van der Waals surface area contributed by atoms with Gasteiger partial charge in [-0.1, -0.05) is 42.5 Å². The molecule has 0 spiro atoms. The van der Waals surface area contributed by atoms with Crippen molar-refractivity contribution >= 4 is 27.3 Å². The van der Waals surface area contributed by atoms with E-state index in [0.29, 0.717) is 17.0 Å². The highest BCUT2D eigenvalue weighted by Crippen LogP contribution is 2.32. The number of hydrogen-bond donors (Lipinski definition) is 2. The van der Waals surface area contributed by atoms with E-state index in [1.54, 1.807) is 60.7 Å². The molecule has 0 aliphatic heterocycles. The Morgan fingerprint density at radius 1 is 0.967 bits per heavy atom. The predicted octanol–water partition coefficient (Wildman–Crippen LogP) is 4.35. The van der Waals surface area contributed by atoms with Gasteiger partial charge < -0.3 is 14.6 Å². The Morgan fingerprint density at radius 2 is 1.67 bits per heavy atom. The second kappa shape index (κ2) is 9.15. The molecule has 0 bridgehead atoms. The van der Waals surface area contributed by atoms with Crippen LogP contribution in [0.4, 0.5) is 5.69 Å². The number of carbonyl (C=O) groups is 1. The first kappa shape index (κ1) is 20.9. The summed E-state index contributed by atoms with van der Waals surface area (Å²) >= 11 is 0. The van der Waals surface area contributed by atoms with Gasteiger partial charge in [0.1, 0.15) is 17.1 Å². The maximum absolute atomic E-state index is 12.5. The fourth-order valence-corrected chi connectivity index (χ4v) is 3.76. The molecule has 0 heterocycles. The number of carboxylic acids is 1. The minimum absolute atomic E-state index is 0.0750. The van der Waals surface area contributed by atoms with E-state index in [1.165, 1.54) is 25.3 Å². The zero-order valence-electron chi connectivity index (χ0n) is 16.0. The Hall–Kier alpha value is -3.78. The molecule has 0 saturated carbocycles. The van der Waals surface area contributed by atoms with Crippen molar-refractivity contribution in [3.8, 4) is 11.5 Å². The summed E-state index contributed by atoms with van der Waals surface area (Å²) in [7, 11) is -2.40. The Labute approximate surface area is 174 Å². The molecule has 0 aromatic heterocycles. The molecule has 3 aromatic carbocycles. The van der Waals surface area contributed by atoms with Gasteiger partial charge in [0.25, 0.3) is 10.0 Å². The minimum Gasteiger partial charge on any atom is -0.503 e. The van der Waals surface area contributed by atoms with E-state index in [2.05, 4.69) is 4.72 Å². The smallest absolute Gasteiger partial charge is 0.339 e. The van der Waals surface area contributed by atoms with E-state index in [-0.39, 0.29) is 16.2 Å². The van der Waals surface area contributed by atoms with E-state index >= 15 is 0 Å². The summed E-state index contributed by atoms with van der Waals surface area (Å²) in [5.74, 6) is -0.554. The van der Waals surface area contributed by atoms with Crippen LogP contribution in [0.2, 0.25) is 0 Å². The SMILES string of the molecule is CO/C=C(/C(=O)O)c1ccccc1Oc1cccc(NS(=O)(=O)c2ccccc2)c1. The molecule has 0 aliphatic rings. The van der Waals surface area contributed by atoms with Crippen LogP contribution in [0.3, 0.4) is 0 Å². The van der Waals surface area contributed by atoms with Crippen LogP contribution in [-0.2, 0) is 19.6 Å². The van der Waals surface area contributed by atoms with E-state index in [4.69, 9.17) is 9.47 Å². The first-order valence-corrected chi connectivity index (χ1v) is 10.3. The van der Waals surface area contributed by atoms with Crippen molar-refractivity contribution in [2.75, 3.05) is 11.8 Å². The highest BCUT2D eigenvalue weighted by Gasteiger charge is 2.17. The van der Waals surface area contributed by atoms with Crippen molar-refractivity contribution in [3.63, 3.8) is 0 Å². The summed E-state index contributed by atoms with van der Waals surface area (Å²) in [4.78, 5) is 11.7. The average molecular weight is 425 g/mol. The summed E-state index contributed by atoms with van der Waals surface area (Å²) in [6, 6.07) is 20.9. The molecule has 154 valence electrons. The van der Waals surface area contributed by atoms with Crippen molar-refractivity contribution in [2.24, 2.45) is 0 Å². The Bertz CT molecular complexity index is 1170. The normalized spacial score (nSPS) is 11.6. The fraction of sp³-hybridized carbons (Fsp3) is 0.0455. The number of anilines is 1. The van der Waals surface area contributed by atoms with Crippen LogP contribution in [0.1, 0.15) is 5.56 Å². The molecule has 0 aliphatic carbocycles. The van der Waals surface area contributed by atoms with Crippen molar-refractivity contribution < 1.29 is 27.8 Å². The minimum atomic E-state index is -3.75. The quantitative estimate of drug-likeness (QED) is 0.411. The molecule has 3 aromatic rings. The van der Waals surface area contributed by atoms with Gasteiger partial charge in [0, 0.05) is 11.6 Å². The van der Waals surface area contributed by atoms with E-state index in [0.717, 1.165) is 6.26 Å². The number of ether oxygens (including phenoxy) is 2. The van der Waals surface area contributed by atoms with Crippen LogP contribution in [0.15, 0.2) is 90.0 Å². The Balaban J connectivity index is 1.88. The second-order valence-electron chi connectivity index (χ2n) is 6.12. The largest absolute Gasteiger partial charge is 0.503 e. The molecule has 30 heavy (non-hydrogen) atoms. The monoisotopic (exact) mass is 425 g/mol. The molecule has 3 rings (SSSR count). The van der Waals surface area contributed by atoms with E-state index in [9.17, 15) is 18.3 Å². The maximum atomic E-state index is 12.5. The van der Waals surface area contributed by atoms with Gasteiger partial charge in [0.2, 0.25) is 0 Å². The van der Waals surface area contributed by atoms with Gasteiger partial charge in [-0.25, -0.2) is 13.2 Å². The number of hydrogen-bond acceptors (Lipinski definition) is 5. The van der Waals surface area contributed by atoms with Gasteiger partial charge in [-0.15, -0.1) is 0 Å². The third kappa shape index (κ3) is 4.98. The van der Waals surface area contributed by atoms with Crippen LogP contribution in [-0.4, -0.2) is 26.6 Å². The van der Waals surface area contributed by atoms with Crippen LogP contribution < -0.4 is 9.46 Å². The zero-order valence-corrected chi connectivity index (χ0v) is 16.8. The Morgan fingerprint density at radius 3 is 2.37 bits per heavy atom. The topological polar surface area (TPSA) is 102 Å². The molecule has 0 saturated heterocycles. The van der Waals surface area contributed by atoms with Crippen LogP contribution in [0, 0.1) is 0 Å². The second-order valence-corrected chi connectivity index (χ2v) is 7.80. The number of nitrogens with one attached hydrogen (secondary N) is 1. The summed E-state index contributed by atoms with van der Waals surface area (Å²) in [5.41, 5.74) is 0.552. The Kier molecular flexibility index (Phi) is 6.38. The predicted molar refractivity (Wildman–Crippen MR) is 113 cm³/mol. The molecule has 8 heteroatoms. The molecule has 0 unspecified atom stereocenters. The molecule has 7 nitrogen and oxygen atoms in total. The molecule has 0 fully saturated rings. The van der Waals surface area contributed by atoms with Gasteiger partial charge in [0.15, 0.2) is 0 Å². The molecule has 0 radical (unpaired) electrons. The van der Waals surface area contributed by atoms with Gasteiger partial charge in [-0.2, -0.15) is 0 Å². The van der Waals surface area contributed by atoms with Crippen LogP contribution in [0.25, 0.3) is 5.57 Å². The number of aliphatic carboxylic acids is 1. The number of methoxy groups -OCH3 is 1. The van der Waals surface area contributed by atoms with Gasteiger partial charge in [-0.3, -0.25) is 4.72 Å². The summed E-state index contributed by atoms with van der Waals surface area (Å²) in [6.45, 7) is 0. The number of rotatable bonds is 8. The highest BCUT2D eigenvalue weighted by atomic mass is 32.2. The first-order valence-electron chi connectivity index (χ1n) is 8.82. The van der Waals surface area contributed by atoms with Gasteiger partial charge >= 0.3 is 5.97 Å². The summed E-state index contributed by atoms with van der Waals surface area (Å²) in [6.07, 6.45) is 1.12. The van der Waals surface area contributed by atoms with Crippen molar-refractivity contribution in [2.45, 2.75) is 4.90 Å². The highest BCUT2D eigenvalue weighted by molar-refractivity contribution is 7.92. The molecule has 2 N–H and O–H groups in total. The number of para-hydroxylation sites is 1. The van der Waals surface area contributed by atoms with Gasteiger partial charge in [0.05, 0.1) is 24.0 Å². The maximum Gasteiger partial charge on any atom is 0.339 e. The van der Waals surface area contributed by atoms with Crippen LogP contribution >= 0.6 is 0 Å². The lowest BCUT2D eigenvalue weighted by Gasteiger charge is -2.13. The van der Waals surface area contributed by atoms with Gasteiger partial charge in [-0.05, 0) is 30.3 Å². The number of carboxylic acid groups (broad SMARTS) is 1. The first-order chi connectivity index (χ1) is 14.4. The lowest BCUT2D eigenvalue weighted by molar-refractivity contribution is -0.130. The van der Waals surface area contributed by atoms with E-state index < -0.39 is 16.0 Å². The lowest BCUT2D eigenvalue weighted by Crippen LogP contribution is -2.12. The third-order valence-electron chi connectivity index (χ3n) is 4.01. The molecular weight excluding hydrogens is 406 g/mol. The zero-order chi connectivity index (χ0) is 21.6. The third-order valence-corrected chi connectivity index (χ3v) is 5.41. The van der Waals surface area contributed by atoms with Crippen molar-refractivity contribution in [3.05, 3.63) is 90.7 Å². The lowest BCUT2D eigenvalue weighted by atomic mass is 10.1. The molecule has 0 amide bonds. The summed E-state index contributed by atoms with van der Waals surface area (Å²) in [5, 5.41) is 9.45. The van der Waals surface area contributed by atoms with Crippen molar-refractivity contribution in [1.82, 2.24) is 0 Å². The summed E-state index contributed by atoms with van der Waals surface area (Å²) < 4.78 is 38.3. The fourth-order valence-electron chi connectivity index (χ4n) is 2.69. The number of benzene rings is 3. The van der Waals surface area contributed by atoms with Crippen LogP contribution in [0.5, 0.6) is 11.5 Å². The number of sulfonamides is 1. The molecule has 0 atom stereocenters. The average Bonchev–Trinajstić information content (AvgIpc) is 2.73.